The minimum atomic E-state index is -1.44. The quantitative estimate of drug-likeness (QED) is 0.106. The van der Waals surface area contributed by atoms with Gasteiger partial charge in [0.1, 0.15) is 0 Å². The van der Waals surface area contributed by atoms with E-state index in [0.717, 1.165) is 0 Å². The lowest BCUT2D eigenvalue weighted by Crippen LogP contribution is -2.27. The number of nitrogens with two attached hydrogens (primary N) is 1. The van der Waals surface area contributed by atoms with Crippen LogP contribution in [0.2, 0.25) is 19.6 Å². The summed E-state index contributed by atoms with van der Waals surface area (Å²) >= 11 is 0. The third-order valence-electron chi connectivity index (χ3n) is 4.00. The van der Waals surface area contributed by atoms with Crippen LogP contribution in [-0.4, -0.2) is 140 Å². The maximum Gasteiger partial charge on any atom is 0.183 e. The summed E-state index contributed by atoms with van der Waals surface area (Å²) in [4.78, 5) is 0. The molecule has 0 bridgehead atoms. The monoisotopic (exact) mass is 529 g/mol. The molecule has 0 aromatic rings. The first-order valence-electron chi connectivity index (χ1n) is 12.6. The first-order chi connectivity index (χ1) is 17.1. The van der Waals surface area contributed by atoms with Crippen molar-refractivity contribution in [3.8, 4) is 0 Å². The van der Waals surface area contributed by atoms with Gasteiger partial charge in [-0.2, -0.15) is 0 Å². The Hall–Kier alpha value is -0.223. The van der Waals surface area contributed by atoms with E-state index in [1.54, 1.807) is 0 Å². The lowest BCUT2D eigenvalue weighted by Gasteiger charge is -2.16. The normalized spacial score (nSPS) is 12.0. The van der Waals surface area contributed by atoms with Crippen LogP contribution in [-0.2, 0) is 47.1 Å². The van der Waals surface area contributed by atoms with E-state index in [4.69, 9.17) is 52.8 Å². The van der Waals surface area contributed by atoms with Gasteiger partial charge in [-0.25, -0.2) is 0 Å². The summed E-state index contributed by atoms with van der Waals surface area (Å²) in [5.41, 5.74) is 5.32. The molecule has 2 N–H and O–H groups in total. The second-order valence-corrected chi connectivity index (χ2v) is 12.8. The van der Waals surface area contributed by atoms with Gasteiger partial charge in [-0.15, -0.1) is 0 Å². The topological polar surface area (TPSA) is 118 Å². The summed E-state index contributed by atoms with van der Waals surface area (Å²) in [6.45, 7) is 17.5. The van der Waals surface area contributed by atoms with Gasteiger partial charge in [-0.3, -0.25) is 0 Å². The molecule has 0 radical (unpaired) electrons. The molecule has 0 atom stereocenters. The SMILES string of the molecule is C[Si](C)(C)OCCOCCOCCOCCOCCOCCOCCOCCOCCOCCN. The van der Waals surface area contributed by atoms with Crippen LogP contribution >= 0.6 is 0 Å². The predicted molar refractivity (Wildman–Crippen MR) is 136 cm³/mol. The van der Waals surface area contributed by atoms with Crippen molar-refractivity contribution in [2.45, 2.75) is 19.6 Å². The molecule has 35 heavy (non-hydrogen) atoms. The first-order valence-corrected chi connectivity index (χ1v) is 16.0. The average Bonchev–Trinajstić information content (AvgIpc) is 2.82. The van der Waals surface area contributed by atoms with Gasteiger partial charge in [0.2, 0.25) is 0 Å². The van der Waals surface area contributed by atoms with Crippen LogP contribution in [0.1, 0.15) is 0 Å². The van der Waals surface area contributed by atoms with E-state index < -0.39 is 8.32 Å². The van der Waals surface area contributed by atoms with Gasteiger partial charge in [0.15, 0.2) is 8.32 Å². The molecule has 11 nitrogen and oxygen atoms in total. The van der Waals surface area contributed by atoms with Gasteiger partial charge in [0.05, 0.1) is 126 Å². The zero-order valence-electron chi connectivity index (χ0n) is 22.3. The molecule has 0 spiro atoms. The molecule has 0 aromatic carbocycles. The van der Waals surface area contributed by atoms with Gasteiger partial charge < -0.3 is 52.8 Å². The van der Waals surface area contributed by atoms with Gasteiger partial charge in [0.25, 0.3) is 0 Å². The van der Waals surface area contributed by atoms with Crippen molar-refractivity contribution in [1.82, 2.24) is 0 Å². The van der Waals surface area contributed by atoms with E-state index in [-0.39, 0.29) is 0 Å². The Morgan fingerprint density at radius 3 is 0.743 bits per heavy atom. The summed E-state index contributed by atoms with van der Waals surface area (Å²) < 4.78 is 54.4. The Balaban J connectivity index is 3.03. The van der Waals surface area contributed by atoms with Crippen molar-refractivity contribution < 1.29 is 47.1 Å². The second-order valence-electron chi connectivity index (χ2n) is 8.26. The van der Waals surface area contributed by atoms with Crippen LogP contribution in [0.4, 0.5) is 0 Å². The highest BCUT2D eigenvalue weighted by atomic mass is 28.4. The van der Waals surface area contributed by atoms with Gasteiger partial charge in [-0.05, 0) is 19.6 Å². The van der Waals surface area contributed by atoms with Crippen molar-refractivity contribution in [2.75, 3.05) is 132 Å². The number of hydrogen-bond acceptors (Lipinski definition) is 11. The molecule has 0 fully saturated rings. The van der Waals surface area contributed by atoms with Crippen LogP contribution in [0.15, 0.2) is 0 Å². The highest BCUT2D eigenvalue weighted by molar-refractivity contribution is 6.69. The summed E-state index contributed by atoms with van der Waals surface area (Å²) in [5.74, 6) is 0. The maximum absolute atomic E-state index is 5.70. The fourth-order valence-electron chi connectivity index (χ4n) is 2.35. The van der Waals surface area contributed by atoms with Crippen molar-refractivity contribution >= 4 is 8.32 Å². The van der Waals surface area contributed by atoms with E-state index in [9.17, 15) is 0 Å². The van der Waals surface area contributed by atoms with Crippen LogP contribution in [0.3, 0.4) is 0 Å². The van der Waals surface area contributed by atoms with Crippen molar-refractivity contribution in [2.24, 2.45) is 5.73 Å². The standard InChI is InChI=1S/C23H51NO10Si/c1-35(2,3)34-23-22-33-21-20-32-19-18-31-17-16-30-15-14-29-13-12-28-11-10-27-9-8-26-7-6-25-5-4-24/h4-24H2,1-3H3. The zero-order valence-corrected chi connectivity index (χ0v) is 23.3. The molecule has 0 aromatic heterocycles. The molecular weight excluding hydrogens is 478 g/mol. The third kappa shape index (κ3) is 33.8. The summed E-state index contributed by atoms with van der Waals surface area (Å²) in [6.07, 6.45) is 0. The third-order valence-corrected chi connectivity index (χ3v) is 5.07. The van der Waals surface area contributed by atoms with Crippen molar-refractivity contribution in [3.63, 3.8) is 0 Å². The van der Waals surface area contributed by atoms with Crippen molar-refractivity contribution in [1.29, 1.82) is 0 Å². The predicted octanol–water partition coefficient (Wildman–Crippen LogP) is 0.946. The van der Waals surface area contributed by atoms with Crippen LogP contribution in [0, 0.1) is 0 Å². The Morgan fingerprint density at radius 1 is 0.343 bits per heavy atom. The molecule has 0 aliphatic rings. The number of ether oxygens (including phenoxy) is 9. The fourth-order valence-corrected chi connectivity index (χ4v) is 3.05. The molecule has 12 heteroatoms. The molecule has 0 amide bonds. The molecular formula is C23H51NO10Si. The highest BCUT2D eigenvalue weighted by Crippen LogP contribution is 2.01. The zero-order chi connectivity index (χ0) is 25.7. The summed E-state index contributed by atoms with van der Waals surface area (Å²) in [7, 11) is -1.44. The summed E-state index contributed by atoms with van der Waals surface area (Å²) in [5, 5.41) is 0. The number of hydrogen-bond donors (Lipinski definition) is 1. The molecule has 0 rings (SSSR count). The van der Waals surface area contributed by atoms with E-state index in [0.29, 0.717) is 132 Å². The largest absolute Gasteiger partial charge is 0.415 e. The van der Waals surface area contributed by atoms with Crippen LogP contribution in [0.5, 0.6) is 0 Å². The molecule has 0 aliphatic heterocycles. The second kappa shape index (κ2) is 28.3. The molecule has 0 unspecified atom stereocenters. The van der Waals surface area contributed by atoms with Gasteiger partial charge in [-0.1, -0.05) is 0 Å². The minimum absolute atomic E-state index is 0.526. The Morgan fingerprint density at radius 2 is 0.543 bits per heavy atom. The molecule has 212 valence electrons. The maximum atomic E-state index is 5.70. The smallest absolute Gasteiger partial charge is 0.183 e. The molecule has 0 heterocycles. The first kappa shape index (κ1) is 34.8. The lowest BCUT2D eigenvalue weighted by atomic mass is 10.6. The van der Waals surface area contributed by atoms with E-state index in [1.165, 1.54) is 0 Å². The average molecular weight is 530 g/mol. The lowest BCUT2D eigenvalue weighted by molar-refractivity contribution is -0.0253. The van der Waals surface area contributed by atoms with Gasteiger partial charge in [0, 0.05) is 6.54 Å². The molecule has 0 aliphatic carbocycles. The van der Waals surface area contributed by atoms with E-state index >= 15 is 0 Å². The highest BCUT2D eigenvalue weighted by Gasteiger charge is 2.12. The Labute approximate surface area is 213 Å². The van der Waals surface area contributed by atoms with Gasteiger partial charge >= 0.3 is 0 Å². The summed E-state index contributed by atoms with van der Waals surface area (Å²) in [6, 6.07) is 0. The Kier molecular flexibility index (Phi) is 28.2. The minimum Gasteiger partial charge on any atom is -0.415 e. The fraction of sp³-hybridized carbons (Fsp3) is 1.00. The Bertz CT molecular complexity index is 405. The molecule has 0 saturated carbocycles. The van der Waals surface area contributed by atoms with Crippen LogP contribution in [0.25, 0.3) is 0 Å². The number of rotatable bonds is 30. The van der Waals surface area contributed by atoms with E-state index in [1.807, 2.05) is 0 Å². The van der Waals surface area contributed by atoms with Crippen LogP contribution < -0.4 is 5.73 Å². The van der Waals surface area contributed by atoms with Crippen molar-refractivity contribution in [3.05, 3.63) is 0 Å². The molecule has 0 saturated heterocycles. The van der Waals surface area contributed by atoms with E-state index in [2.05, 4.69) is 19.6 Å².